The van der Waals surface area contributed by atoms with Gasteiger partial charge in [0.2, 0.25) is 0 Å². The van der Waals surface area contributed by atoms with Crippen molar-refractivity contribution in [2.45, 2.75) is 33.6 Å². The summed E-state index contributed by atoms with van der Waals surface area (Å²) in [5.74, 6) is -0.140. The number of hydrogen-bond acceptors (Lipinski definition) is 6. The first-order valence-electron chi connectivity index (χ1n) is 12.9. The third-order valence-electron chi connectivity index (χ3n) is 6.09. The second-order valence-corrected chi connectivity index (χ2v) is 9.31. The van der Waals surface area contributed by atoms with Crippen molar-refractivity contribution in [3.63, 3.8) is 0 Å². The van der Waals surface area contributed by atoms with Crippen LogP contribution in [0.15, 0.2) is 58.4 Å². The molecule has 1 aromatic heterocycles. The van der Waals surface area contributed by atoms with Gasteiger partial charge in [-0.1, -0.05) is 30.7 Å². The molecule has 2 rings (SSSR count). The van der Waals surface area contributed by atoms with E-state index in [1.807, 2.05) is 32.0 Å². The van der Waals surface area contributed by atoms with Crippen molar-refractivity contribution < 1.29 is 4.79 Å². The molecule has 1 amide bonds. The zero-order valence-corrected chi connectivity index (χ0v) is 24.2. The zero-order chi connectivity index (χ0) is 27.9. The van der Waals surface area contributed by atoms with E-state index in [-0.39, 0.29) is 5.91 Å². The first kappa shape index (κ1) is 30.9. The Morgan fingerprint density at radius 2 is 1.89 bits per heavy atom. The Bertz CT molecular complexity index is 1170. The zero-order valence-electron chi connectivity index (χ0n) is 23.4. The number of carbonyl (C=O) groups excluding carboxylic acids is 1. The van der Waals surface area contributed by atoms with Crippen LogP contribution in [0.4, 0.5) is 0 Å². The molecule has 0 aliphatic heterocycles. The summed E-state index contributed by atoms with van der Waals surface area (Å²) in [7, 11) is 5.58. The molecule has 0 fully saturated rings. The maximum absolute atomic E-state index is 13.4. The number of likely N-dealkylation sites (N-methyl/N-ethyl adjacent to an activating group) is 1. The molecule has 0 aliphatic carbocycles. The summed E-state index contributed by atoms with van der Waals surface area (Å²) >= 11 is 6.74. The Hall–Kier alpha value is -3.36. The fraction of sp³-hybridized carbons (Fsp3) is 0.414. The number of amides is 1. The van der Waals surface area contributed by atoms with Crippen LogP contribution in [0.3, 0.4) is 0 Å². The summed E-state index contributed by atoms with van der Waals surface area (Å²) in [6.07, 6.45) is 12.4. The van der Waals surface area contributed by atoms with Crippen LogP contribution in [0.2, 0.25) is 5.02 Å². The van der Waals surface area contributed by atoms with E-state index in [0.29, 0.717) is 28.3 Å². The van der Waals surface area contributed by atoms with Crippen LogP contribution >= 0.6 is 11.6 Å². The van der Waals surface area contributed by atoms with Gasteiger partial charge in [-0.3, -0.25) is 24.7 Å². The average molecular weight is 538 g/mol. The summed E-state index contributed by atoms with van der Waals surface area (Å²) in [6.45, 7) is 9.43. The summed E-state index contributed by atoms with van der Waals surface area (Å²) in [5.41, 5.74) is 4.20. The smallest absolute Gasteiger partial charge is 0.254 e. The van der Waals surface area contributed by atoms with Crippen molar-refractivity contribution in [2.75, 3.05) is 47.3 Å². The quantitative estimate of drug-likeness (QED) is 0.122. The van der Waals surface area contributed by atoms with Crippen molar-refractivity contribution in [2.24, 2.45) is 9.98 Å². The molecule has 0 spiro atoms. The molecule has 0 radical (unpaired) electrons. The molecule has 0 unspecified atom stereocenters. The Labute approximate surface area is 232 Å². The van der Waals surface area contributed by atoms with Gasteiger partial charge in [-0.2, -0.15) is 0 Å². The number of hydrogen-bond donors (Lipinski definition) is 1. The minimum atomic E-state index is -0.140. The van der Waals surface area contributed by atoms with Crippen LogP contribution in [0.25, 0.3) is 16.8 Å². The van der Waals surface area contributed by atoms with E-state index in [4.69, 9.17) is 11.6 Å². The Balaban J connectivity index is 2.30. The van der Waals surface area contributed by atoms with Gasteiger partial charge in [0.05, 0.1) is 17.7 Å². The lowest BCUT2D eigenvalue weighted by Crippen LogP contribution is -2.27. The molecule has 38 heavy (non-hydrogen) atoms. The fourth-order valence-electron chi connectivity index (χ4n) is 3.60. The predicted octanol–water partition coefficient (Wildman–Crippen LogP) is 4.90. The average Bonchev–Trinajstić information content (AvgIpc) is 2.92. The predicted molar refractivity (Wildman–Crippen MR) is 160 cm³/mol. The van der Waals surface area contributed by atoms with Crippen LogP contribution in [0, 0.1) is 6.92 Å². The van der Waals surface area contributed by atoms with E-state index < -0.39 is 0 Å². The number of nitrogens with one attached hydrogen (secondary N) is 1. The standard InChI is InChI=1S/C29H40ClN7O/c1-7-36(5)16-10-9-13-32-21-33-20-23(19-31-4)17-26(29(38)37(6)8-2)25-12-11-24(18-27(25)30)28-22(3)34-14-15-35-28/h11-12,14-15,17-21H,7-10,13,16H2,1-6H3,(H,32,33)/b23-20-,26-17-,31-19?. The van der Waals surface area contributed by atoms with Crippen molar-refractivity contribution in [3.8, 4) is 11.3 Å². The third kappa shape index (κ3) is 9.50. The van der Waals surface area contributed by atoms with Gasteiger partial charge >= 0.3 is 0 Å². The van der Waals surface area contributed by atoms with E-state index in [2.05, 4.69) is 44.1 Å². The normalized spacial score (nSPS) is 12.6. The maximum Gasteiger partial charge on any atom is 0.254 e. The molecule has 1 N–H and O–H groups in total. The number of aromatic nitrogens is 2. The second-order valence-electron chi connectivity index (χ2n) is 8.90. The largest absolute Gasteiger partial charge is 0.352 e. The van der Waals surface area contributed by atoms with Crippen molar-refractivity contribution in [1.29, 1.82) is 0 Å². The highest BCUT2D eigenvalue weighted by Gasteiger charge is 2.19. The number of allylic oxidation sites excluding steroid dienone is 2. The number of benzene rings is 1. The van der Waals surface area contributed by atoms with E-state index in [9.17, 15) is 4.79 Å². The lowest BCUT2D eigenvalue weighted by Gasteiger charge is -2.18. The number of aryl methyl sites for hydroxylation is 1. The summed E-state index contributed by atoms with van der Waals surface area (Å²) in [6, 6.07) is 5.58. The topological polar surface area (TPSA) is 86.1 Å². The SMILES string of the molecule is CCN(C)CCCCN=CN/C=C(C=NC)/C=C(\C(=O)N(C)CC)c1ccc(-c2nccnc2C)cc1Cl. The van der Waals surface area contributed by atoms with Crippen LogP contribution < -0.4 is 5.32 Å². The van der Waals surface area contributed by atoms with Crippen LogP contribution in [-0.4, -0.2) is 85.6 Å². The number of nitrogens with zero attached hydrogens (tertiary/aromatic N) is 6. The summed E-state index contributed by atoms with van der Waals surface area (Å²) in [4.78, 5) is 34.6. The van der Waals surface area contributed by atoms with Crippen LogP contribution in [0.1, 0.15) is 37.9 Å². The lowest BCUT2D eigenvalue weighted by atomic mass is 9.99. The molecule has 204 valence electrons. The molecule has 2 aromatic rings. The molecule has 8 nitrogen and oxygen atoms in total. The number of aliphatic imine (C=N–C) groups is 2. The Morgan fingerprint density at radius 1 is 1.13 bits per heavy atom. The van der Waals surface area contributed by atoms with Crippen molar-refractivity contribution in [3.05, 3.63) is 64.7 Å². The van der Waals surface area contributed by atoms with Crippen molar-refractivity contribution in [1.82, 2.24) is 25.1 Å². The number of unbranched alkanes of at least 4 members (excludes halogenated alkanes) is 1. The molecule has 0 atom stereocenters. The first-order chi connectivity index (χ1) is 18.3. The van der Waals surface area contributed by atoms with Gasteiger partial charge in [-0.25, -0.2) is 0 Å². The Morgan fingerprint density at radius 3 is 2.55 bits per heavy atom. The van der Waals surface area contributed by atoms with Crippen LogP contribution in [0.5, 0.6) is 0 Å². The summed E-state index contributed by atoms with van der Waals surface area (Å²) in [5, 5.41) is 3.55. The van der Waals surface area contributed by atoms with E-state index in [1.165, 1.54) is 0 Å². The molecule has 0 saturated carbocycles. The van der Waals surface area contributed by atoms with Gasteiger partial charge in [0, 0.05) is 79.3 Å². The molecule has 0 saturated heterocycles. The fourth-order valence-corrected chi connectivity index (χ4v) is 3.88. The van der Waals surface area contributed by atoms with Crippen LogP contribution in [-0.2, 0) is 4.79 Å². The first-order valence-corrected chi connectivity index (χ1v) is 13.3. The molecular weight excluding hydrogens is 498 g/mol. The number of halogens is 1. The number of rotatable bonds is 14. The highest BCUT2D eigenvalue weighted by molar-refractivity contribution is 6.35. The molecule has 0 bridgehead atoms. The van der Waals surface area contributed by atoms with Gasteiger partial charge in [0.15, 0.2) is 0 Å². The molecule has 0 aliphatic rings. The van der Waals surface area contributed by atoms with E-state index >= 15 is 0 Å². The highest BCUT2D eigenvalue weighted by Crippen LogP contribution is 2.31. The summed E-state index contributed by atoms with van der Waals surface area (Å²) < 4.78 is 0. The minimum Gasteiger partial charge on any atom is -0.352 e. The van der Waals surface area contributed by atoms with Gasteiger partial charge in [0.1, 0.15) is 0 Å². The van der Waals surface area contributed by atoms with Gasteiger partial charge < -0.3 is 15.1 Å². The molecule has 1 heterocycles. The monoisotopic (exact) mass is 537 g/mol. The third-order valence-corrected chi connectivity index (χ3v) is 6.40. The van der Waals surface area contributed by atoms with E-state index in [0.717, 1.165) is 49.4 Å². The Kier molecular flexibility index (Phi) is 13.4. The highest BCUT2D eigenvalue weighted by atomic mass is 35.5. The van der Waals surface area contributed by atoms with Gasteiger partial charge in [0.25, 0.3) is 5.91 Å². The van der Waals surface area contributed by atoms with Gasteiger partial charge in [-0.15, -0.1) is 0 Å². The lowest BCUT2D eigenvalue weighted by molar-refractivity contribution is -0.123. The second kappa shape index (κ2) is 16.5. The molecule has 9 heteroatoms. The maximum atomic E-state index is 13.4. The minimum absolute atomic E-state index is 0.140. The van der Waals surface area contributed by atoms with E-state index in [1.54, 1.807) is 56.2 Å². The molecule has 1 aromatic carbocycles. The van der Waals surface area contributed by atoms with Crippen molar-refractivity contribution >= 4 is 35.6 Å². The number of carbonyl (C=O) groups is 1. The van der Waals surface area contributed by atoms with Gasteiger partial charge in [-0.05, 0) is 59.0 Å². The molecular formula is C29H40ClN7O.